The number of benzene rings is 1. The lowest BCUT2D eigenvalue weighted by Crippen LogP contribution is -2.54. The lowest BCUT2D eigenvalue weighted by Gasteiger charge is -2.42. The van der Waals surface area contributed by atoms with Crippen LogP contribution in [0.25, 0.3) is 10.6 Å². The Labute approximate surface area is 180 Å². The zero-order valence-corrected chi connectivity index (χ0v) is 18.3. The summed E-state index contributed by atoms with van der Waals surface area (Å²) in [6.45, 7) is 8.75. The number of nitrogens with zero attached hydrogens (tertiary/aromatic N) is 5. The Balaban J connectivity index is 1.31. The van der Waals surface area contributed by atoms with Crippen LogP contribution in [0, 0.1) is 0 Å². The number of hydrogen-bond donors (Lipinski definition) is 1. The molecule has 1 aromatic heterocycles. The van der Waals surface area contributed by atoms with Gasteiger partial charge in [-0.1, -0.05) is 11.3 Å². The first-order valence-electron chi connectivity index (χ1n) is 10.5. The first-order chi connectivity index (χ1) is 14.5. The Morgan fingerprint density at radius 3 is 2.23 bits per heavy atom. The maximum Gasteiger partial charge on any atom is 0.221 e. The highest BCUT2D eigenvalue weighted by Crippen LogP contribution is 2.31. The van der Waals surface area contributed by atoms with Gasteiger partial charge in [0.1, 0.15) is 5.01 Å². The number of carbonyl (C=O) groups is 2. The molecule has 2 amide bonds. The van der Waals surface area contributed by atoms with E-state index in [1.54, 1.807) is 18.3 Å². The van der Waals surface area contributed by atoms with Gasteiger partial charge >= 0.3 is 0 Å². The molecule has 0 radical (unpaired) electrons. The molecule has 8 nitrogen and oxygen atoms in total. The number of aromatic nitrogens is 2. The van der Waals surface area contributed by atoms with Gasteiger partial charge in [0, 0.05) is 70.4 Å². The zero-order chi connectivity index (χ0) is 21.1. The predicted molar refractivity (Wildman–Crippen MR) is 119 cm³/mol. The molecule has 2 aliphatic heterocycles. The summed E-state index contributed by atoms with van der Waals surface area (Å²) < 4.78 is 0. The van der Waals surface area contributed by atoms with E-state index in [1.165, 1.54) is 6.92 Å². The second-order valence-corrected chi connectivity index (χ2v) is 8.86. The fourth-order valence-corrected chi connectivity index (χ4v) is 5.09. The van der Waals surface area contributed by atoms with Gasteiger partial charge in [-0.15, -0.1) is 10.2 Å². The van der Waals surface area contributed by atoms with Crippen LogP contribution in [0.15, 0.2) is 24.3 Å². The van der Waals surface area contributed by atoms with Gasteiger partial charge in [-0.2, -0.15) is 0 Å². The Morgan fingerprint density at radius 1 is 0.967 bits per heavy atom. The summed E-state index contributed by atoms with van der Waals surface area (Å²) in [6, 6.07) is 8.28. The molecule has 0 aliphatic carbocycles. The van der Waals surface area contributed by atoms with Crippen molar-refractivity contribution in [2.24, 2.45) is 0 Å². The number of carbonyl (C=O) groups excluding carboxylic acids is 2. The van der Waals surface area contributed by atoms with Crippen molar-refractivity contribution in [2.75, 3.05) is 49.5 Å². The van der Waals surface area contributed by atoms with Crippen molar-refractivity contribution in [3.05, 3.63) is 24.3 Å². The predicted octanol–water partition coefficient (Wildman–Crippen LogP) is 2.30. The third-order valence-corrected chi connectivity index (χ3v) is 6.91. The average molecular weight is 429 g/mol. The summed E-state index contributed by atoms with van der Waals surface area (Å²) in [6.07, 6.45) is 2.22. The fourth-order valence-electron chi connectivity index (χ4n) is 4.18. The molecular formula is C21H28N6O2S. The van der Waals surface area contributed by atoms with E-state index in [4.69, 9.17) is 0 Å². The number of amides is 2. The number of nitrogens with one attached hydrogen (secondary N) is 1. The molecule has 2 aromatic rings. The highest BCUT2D eigenvalue weighted by Gasteiger charge is 2.29. The molecule has 160 valence electrons. The van der Waals surface area contributed by atoms with Crippen LogP contribution in [0.2, 0.25) is 0 Å². The second-order valence-electron chi connectivity index (χ2n) is 7.91. The van der Waals surface area contributed by atoms with Gasteiger partial charge < -0.3 is 15.1 Å². The molecule has 30 heavy (non-hydrogen) atoms. The normalized spacial score (nSPS) is 18.5. The standard InChI is InChI=1S/C21H28N6O2S/c1-15(28)22-18-5-3-17(4-6-18)20-23-24-21(30-20)27-9-7-19(8-10-27)26-13-11-25(12-14-26)16(2)29/h3-6,19H,7-14H2,1-2H3,(H,22,28). The highest BCUT2D eigenvalue weighted by molar-refractivity contribution is 7.18. The zero-order valence-electron chi connectivity index (χ0n) is 17.5. The molecule has 4 rings (SSSR count). The minimum Gasteiger partial charge on any atom is -0.347 e. The van der Waals surface area contributed by atoms with Crippen molar-refractivity contribution in [3.63, 3.8) is 0 Å². The van der Waals surface area contributed by atoms with Crippen molar-refractivity contribution < 1.29 is 9.59 Å². The maximum atomic E-state index is 11.5. The van der Waals surface area contributed by atoms with Crippen molar-refractivity contribution in [1.29, 1.82) is 0 Å². The minimum absolute atomic E-state index is 0.0786. The van der Waals surface area contributed by atoms with E-state index in [-0.39, 0.29) is 11.8 Å². The third kappa shape index (κ3) is 4.79. The SMILES string of the molecule is CC(=O)Nc1ccc(-c2nnc(N3CCC(N4CCN(C(C)=O)CC4)CC3)s2)cc1. The molecule has 1 aromatic carbocycles. The highest BCUT2D eigenvalue weighted by atomic mass is 32.1. The van der Waals surface area contributed by atoms with Crippen LogP contribution in [-0.4, -0.2) is 77.1 Å². The summed E-state index contributed by atoms with van der Waals surface area (Å²) in [4.78, 5) is 29.5. The van der Waals surface area contributed by atoms with E-state index in [9.17, 15) is 9.59 Å². The molecule has 0 unspecified atom stereocenters. The third-order valence-electron chi connectivity index (χ3n) is 5.88. The molecule has 2 aliphatic rings. The van der Waals surface area contributed by atoms with Crippen LogP contribution in [0.4, 0.5) is 10.8 Å². The number of hydrogen-bond acceptors (Lipinski definition) is 7. The fraction of sp³-hybridized carbons (Fsp3) is 0.524. The number of rotatable bonds is 4. The van der Waals surface area contributed by atoms with Crippen molar-refractivity contribution >= 4 is 34.0 Å². The van der Waals surface area contributed by atoms with E-state index in [2.05, 4.69) is 25.3 Å². The van der Waals surface area contributed by atoms with Gasteiger partial charge in [0.05, 0.1) is 0 Å². The van der Waals surface area contributed by atoms with E-state index in [0.717, 1.165) is 73.5 Å². The van der Waals surface area contributed by atoms with Crippen molar-refractivity contribution in [3.8, 4) is 10.6 Å². The molecule has 9 heteroatoms. The quantitative estimate of drug-likeness (QED) is 0.805. The molecular weight excluding hydrogens is 400 g/mol. The lowest BCUT2D eigenvalue weighted by atomic mass is 10.0. The van der Waals surface area contributed by atoms with E-state index >= 15 is 0 Å². The monoisotopic (exact) mass is 428 g/mol. The number of piperidine rings is 1. The summed E-state index contributed by atoms with van der Waals surface area (Å²) >= 11 is 1.61. The van der Waals surface area contributed by atoms with E-state index < -0.39 is 0 Å². The molecule has 3 heterocycles. The van der Waals surface area contributed by atoms with Crippen LogP contribution >= 0.6 is 11.3 Å². The van der Waals surface area contributed by atoms with Crippen LogP contribution in [0.1, 0.15) is 26.7 Å². The van der Waals surface area contributed by atoms with Gasteiger partial charge in [-0.3, -0.25) is 14.5 Å². The summed E-state index contributed by atoms with van der Waals surface area (Å²) in [5.74, 6) is 0.103. The second kappa shape index (κ2) is 9.09. The van der Waals surface area contributed by atoms with Crippen LogP contribution in [0.3, 0.4) is 0 Å². The van der Waals surface area contributed by atoms with Gasteiger partial charge in [0.15, 0.2) is 0 Å². The number of piperazine rings is 1. The molecule has 0 spiro atoms. The first kappa shape index (κ1) is 20.7. The van der Waals surface area contributed by atoms with Gasteiger partial charge in [0.2, 0.25) is 16.9 Å². The lowest BCUT2D eigenvalue weighted by molar-refractivity contribution is -0.131. The Kier molecular flexibility index (Phi) is 6.29. The van der Waals surface area contributed by atoms with Gasteiger partial charge in [-0.25, -0.2) is 0 Å². The van der Waals surface area contributed by atoms with E-state index in [0.29, 0.717) is 6.04 Å². The largest absolute Gasteiger partial charge is 0.347 e. The van der Waals surface area contributed by atoms with Gasteiger partial charge in [-0.05, 0) is 37.1 Å². The molecule has 1 N–H and O–H groups in total. The summed E-state index contributed by atoms with van der Waals surface area (Å²) in [5.41, 5.74) is 1.79. The Bertz CT molecular complexity index is 883. The Hall–Kier alpha value is -2.52. The topological polar surface area (TPSA) is 81.7 Å². The smallest absolute Gasteiger partial charge is 0.221 e. The summed E-state index contributed by atoms with van der Waals surface area (Å²) in [5, 5.41) is 13.4. The molecule has 0 bridgehead atoms. The maximum absolute atomic E-state index is 11.5. The minimum atomic E-state index is -0.0786. The van der Waals surface area contributed by atoms with E-state index in [1.807, 2.05) is 29.2 Å². The summed E-state index contributed by atoms with van der Waals surface area (Å²) in [7, 11) is 0. The molecule has 2 saturated heterocycles. The van der Waals surface area contributed by atoms with Gasteiger partial charge in [0.25, 0.3) is 0 Å². The molecule has 0 saturated carbocycles. The molecule has 0 atom stereocenters. The van der Waals surface area contributed by atoms with Crippen molar-refractivity contribution in [1.82, 2.24) is 20.0 Å². The van der Waals surface area contributed by atoms with Crippen LogP contribution in [0.5, 0.6) is 0 Å². The average Bonchev–Trinajstić information content (AvgIpc) is 3.24. The number of anilines is 2. The van der Waals surface area contributed by atoms with Crippen molar-refractivity contribution in [2.45, 2.75) is 32.7 Å². The first-order valence-corrected chi connectivity index (χ1v) is 11.3. The molecule has 2 fully saturated rings. The van der Waals surface area contributed by atoms with Crippen LogP contribution < -0.4 is 10.2 Å². The van der Waals surface area contributed by atoms with Crippen LogP contribution in [-0.2, 0) is 9.59 Å². The Morgan fingerprint density at radius 2 is 1.63 bits per heavy atom.